The molecule has 4 bridgehead atoms. The van der Waals surface area contributed by atoms with Gasteiger partial charge in [0, 0.05) is 12.1 Å². The van der Waals surface area contributed by atoms with Gasteiger partial charge in [0.05, 0.1) is 5.60 Å². The quantitative estimate of drug-likeness (QED) is 0.881. The average molecular weight is 313 g/mol. The molecular formula is C20H27NO2. The van der Waals surface area contributed by atoms with Crippen LogP contribution in [-0.4, -0.2) is 16.6 Å². The summed E-state index contributed by atoms with van der Waals surface area (Å²) in [6.45, 7) is 2.02. The minimum Gasteiger partial charge on any atom is -0.390 e. The molecule has 124 valence electrons. The molecular weight excluding hydrogens is 286 g/mol. The van der Waals surface area contributed by atoms with Gasteiger partial charge < -0.3 is 10.4 Å². The van der Waals surface area contributed by atoms with E-state index >= 15 is 0 Å². The second-order valence-corrected chi connectivity index (χ2v) is 8.55. The molecule has 0 saturated heterocycles. The maximum atomic E-state index is 12.4. The van der Waals surface area contributed by atoms with Gasteiger partial charge in [-0.2, -0.15) is 0 Å². The van der Waals surface area contributed by atoms with Gasteiger partial charge in [-0.05, 0) is 80.8 Å². The van der Waals surface area contributed by atoms with Gasteiger partial charge in [0.2, 0.25) is 5.91 Å². The fourth-order valence-corrected chi connectivity index (χ4v) is 6.00. The molecule has 2 unspecified atom stereocenters. The second-order valence-electron chi connectivity index (χ2n) is 8.55. The lowest BCUT2D eigenvalue weighted by Gasteiger charge is -2.60. The van der Waals surface area contributed by atoms with E-state index < -0.39 is 5.60 Å². The van der Waals surface area contributed by atoms with Gasteiger partial charge in [-0.25, -0.2) is 0 Å². The number of carbonyl (C=O) groups excluding carboxylic acids is 1. The van der Waals surface area contributed by atoms with Crippen LogP contribution in [0.2, 0.25) is 0 Å². The van der Waals surface area contributed by atoms with Crippen LogP contribution in [0.3, 0.4) is 0 Å². The van der Waals surface area contributed by atoms with E-state index in [-0.39, 0.29) is 11.3 Å². The minimum absolute atomic E-state index is 0.113. The Balaban J connectivity index is 1.39. The van der Waals surface area contributed by atoms with E-state index in [9.17, 15) is 9.90 Å². The summed E-state index contributed by atoms with van der Waals surface area (Å²) in [6, 6.07) is 7.92. The van der Waals surface area contributed by atoms with E-state index in [1.807, 2.05) is 31.2 Å². The third kappa shape index (κ3) is 2.91. The SMILES string of the molecule is Cc1ccccc1NC(=O)CCC12CC3CC(CC(O)(C3)C1)C2. The predicted octanol–water partition coefficient (Wildman–Crippen LogP) is 4.05. The summed E-state index contributed by atoms with van der Waals surface area (Å²) in [6.07, 6.45) is 8.18. The monoisotopic (exact) mass is 313 g/mol. The highest BCUT2D eigenvalue weighted by atomic mass is 16.3. The Labute approximate surface area is 138 Å². The predicted molar refractivity (Wildman–Crippen MR) is 91.1 cm³/mol. The molecule has 0 aromatic heterocycles. The number of benzene rings is 1. The van der Waals surface area contributed by atoms with Crippen LogP contribution in [0.1, 0.15) is 56.9 Å². The molecule has 1 aromatic rings. The Morgan fingerprint density at radius 1 is 1.22 bits per heavy atom. The lowest BCUT2D eigenvalue weighted by molar-refractivity contribution is -0.166. The third-order valence-corrected chi connectivity index (χ3v) is 6.45. The highest BCUT2D eigenvalue weighted by molar-refractivity contribution is 5.91. The van der Waals surface area contributed by atoms with Crippen LogP contribution in [0, 0.1) is 24.2 Å². The molecule has 0 aliphatic heterocycles. The smallest absolute Gasteiger partial charge is 0.224 e. The highest BCUT2D eigenvalue weighted by Gasteiger charge is 2.56. The standard InChI is InChI=1S/C20H27NO2/c1-14-4-2-3-5-17(14)21-18(22)6-7-19-9-15-8-16(10-19)12-20(23,11-15)13-19/h2-5,15-16,23H,6-13H2,1H3,(H,21,22). The first-order chi connectivity index (χ1) is 11.0. The molecule has 2 atom stereocenters. The number of aryl methyl sites for hydroxylation is 1. The van der Waals surface area contributed by atoms with Gasteiger partial charge >= 0.3 is 0 Å². The van der Waals surface area contributed by atoms with Crippen molar-refractivity contribution in [3.05, 3.63) is 29.8 Å². The molecule has 23 heavy (non-hydrogen) atoms. The van der Waals surface area contributed by atoms with Crippen molar-refractivity contribution in [3.8, 4) is 0 Å². The van der Waals surface area contributed by atoms with Crippen LogP contribution in [0.5, 0.6) is 0 Å². The Morgan fingerprint density at radius 2 is 1.91 bits per heavy atom. The summed E-state index contributed by atoms with van der Waals surface area (Å²) in [5, 5.41) is 13.9. The van der Waals surface area contributed by atoms with Crippen LogP contribution in [0.15, 0.2) is 24.3 Å². The summed E-state index contributed by atoms with van der Waals surface area (Å²) in [7, 11) is 0. The maximum absolute atomic E-state index is 12.4. The molecule has 0 radical (unpaired) electrons. The number of carbonyl (C=O) groups is 1. The number of rotatable bonds is 4. The number of aliphatic hydroxyl groups is 1. The van der Waals surface area contributed by atoms with Gasteiger partial charge in [0.15, 0.2) is 0 Å². The van der Waals surface area contributed by atoms with Gasteiger partial charge in [0.25, 0.3) is 0 Å². The van der Waals surface area contributed by atoms with Gasteiger partial charge in [-0.3, -0.25) is 4.79 Å². The topological polar surface area (TPSA) is 49.3 Å². The van der Waals surface area contributed by atoms with Crippen molar-refractivity contribution in [2.75, 3.05) is 5.32 Å². The van der Waals surface area contributed by atoms with Crippen LogP contribution in [0.25, 0.3) is 0 Å². The van der Waals surface area contributed by atoms with Gasteiger partial charge in [-0.1, -0.05) is 18.2 Å². The first kappa shape index (κ1) is 15.2. The largest absolute Gasteiger partial charge is 0.390 e. The maximum Gasteiger partial charge on any atom is 0.224 e. The molecule has 3 heteroatoms. The Hall–Kier alpha value is -1.35. The lowest BCUT2D eigenvalue weighted by atomic mass is 9.47. The normalized spacial score (nSPS) is 37.8. The molecule has 5 rings (SSSR count). The Bertz CT molecular complexity index is 610. The van der Waals surface area contributed by atoms with Crippen LogP contribution < -0.4 is 5.32 Å². The zero-order valence-electron chi connectivity index (χ0n) is 14.0. The van der Waals surface area contributed by atoms with Crippen molar-refractivity contribution in [2.24, 2.45) is 17.3 Å². The number of anilines is 1. The van der Waals surface area contributed by atoms with Gasteiger partial charge in [-0.15, -0.1) is 0 Å². The van der Waals surface area contributed by atoms with E-state index in [1.54, 1.807) is 0 Å². The molecule has 1 aromatic carbocycles. The molecule has 4 fully saturated rings. The van der Waals surface area contributed by atoms with E-state index in [0.29, 0.717) is 18.3 Å². The lowest BCUT2D eigenvalue weighted by Crippen LogP contribution is -2.55. The number of para-hydroxylation sites is 1. The molecule has 0 heterocycles. The summed E-state index contributed by atoms with van der Waals surface area (Å²) >= 11 is 0. The van der Waals surface area contributed by atoms with E-state index in [1.165, 1.54) is 19.3 Å². The van der Waals surface area contributed by atoms with Crippen molar-refractivity contribution in [1.82, 2.24) is 0 Å². The molecule has 3 nitrogen and oxygen atoms in total. The van der Waals surface area contributed by atoms with Crippen molar-refractivity contribution < 1.29 is 9.90 Å². The van der Waals surface area contributed by atoms with Crippen LogP contribution >= 0.6 is 0 Å². The summed E-state index contributed by atoms with van der Waals surface area (Å²) in [4.78, 5) is 12.4. The zero-order chi connectivity index (χ0) is 16.1. The number of amides is 1. The first-order valence-electron chi connectivity index (χ1n) is 9.03. The van der Waals surface area contributed by atoms with Crippen molar-refractivity contribution in [1.29, 1.82) is 0 Å². The fraction of sp³-hybridized carbons (Fsp3) is 0.650. The van der Waals surface area contributed by atoms with Crippen molar-refractivity contribution in [2.45, 2.75) is 63.9 Å². The van der Waals surface area contributed by atoms with Crippen molar-refractivity contribution >= 4 is 11.6 Å². The fourth-order valence-electron chi connectivity index (χ4n) is 6.00. The van der Waals surface area contributed by atoms with Crippen LogP contribution in [0.4, 0.5) is 5.69 Å². The zero-order valence-corrected chi connectivity index (χ0v) is 14.0. The number of hydrogen-bond acceptors (Lipinski definition) is 2. The number of nitrogens with one attached hydrogen (secondary N) is 1. The Kier molecular flexibility index (Phi) is 3.53. The van der Waals surface area contributed by atoms with Crippen LogP contribution in [-0.2, 0) is 4.79 Å². The van der Waals surface area contributed by atoms with E-state index in [2.05, 4.69) is 5.32 Å². The van der Waals surface area contributed by atoms with Crippen molar-refractivity contribution in [3.63, 3.8) is 0 Å². The molecule has 4 aliphatic carbocycles. The molecule has 1 amide bonds. The Morgan fingerprint density at radius 3 is 2.57 bits per heavy atom. The first-order valence-corrected chi connectivity index (χ1v) is 9.03. The average Bonchev–Trinajstić information content (AvgIpc) is 2.45. The third-order valence-electron chi connectivity index (χ3n) is 6.45. The highest BCUT2D eigenvalue weighted by Crippen LogP contribution is 2.63. The van der Waals surface area contributed by atoms with E-state index in [4.69, 9.17) is 0 Å². The van der Waals surface area contributed by atoms with E-state index in [0.717, 1.165) is 36.9 Å². The number of hydrogen-bond donors (Lipinski definition) is 2. The molecule has 4 saturated carbocycles. The molecule has 0 spiro atoms. The summed E-state index contributed by atoms with van der Waals surface area (Å²) < 4.78 is 0. The molecule has 4 aliphatic rings. The second kappa shape index (κ2) is 5.34. The minimum atomic E-state index is -0.420. The molecule has 2 N–H and O–H groups in total. The summed E-state index contributed by atoms with van der Waals surface area (Å²) in [5.74, 6) is 1.50. The van der Waals surface area contributed by atoms with Gasteiger partial charge in [0.1, 0.15) is 0 Å². The summed E-state index contributed by atoms with van der Waals surface area (Å²) in [5.41, 5.74) is 1.82.